The quantitative estimate of drug-likeness (QED) is 0.543. The molecule has 10 heteroatoms. The van der Waals surface area contributed by atoms with Crippen molar-refractivity contribution in [3.8, 4) is 11.5 Å². The van der Waals surface area contributed by atoms with Crippen molar-refractivity contribution in [2.45, 2.75) is 18.4 Å². The largest absolute Gasteiger partial charge is 0.454 e. The summed E-state index contributed by atoms with van der Waals surface area (Å²) in [6.07, 6.45) is 0.847. The van der Waals surface area contributed by atoms with Gasteiger partial charge in [-0.2, -0.15) is 0 Å². The van der Waals surface area contributed by atoms with Crippen LogP contribution in [-0.4, -0.2) is 66.2 Å². The summed E-state index contributed by atoms with van der Waals surface area (Å²) in [4.78, 5) is 45.3. The van der Waals surface area contributed by atoms with Gasteiger partial charge in [0.15, 0.2) is 11.5 Å². The van der Waals surface area contributed by atoms with Gasteiger partial charge in [-0.3, -0.25) is 14.4 Å². The maximum atomic E-state index is 13.9. The molecular formula is C29H27FN4O5. The number of rotatable bonds is 5. The number of hydrogen-bond acceptors (Lipinski definition) is 6. The minimum atomic E-state index is -0.872. The lowest BCUT2D eigenvalue weighted by Crippen LogP contribution is -2.57. The summed E-state index contributed by atoms with van der Waals surface area (Å²) >= 11 is 0. The van der Waals surface area contributed by atoms with Gasteiger partial charge < -0.3 is 29.5 Å². The predicted octanol–water partition coefficient (Wildman–Crippen LogP) is 3.47. The van der Waals surface area contributed by atoms with Gasteiger partial charge in [0.25, 0.3) is 11.8 Å². The van der Waals surface area contributed by atoms with Crippen LogP contribution >= 0.6 is 0 Å². The fourth-order valence-electron chi connectivity index (χ4n) is 5.52. The Morgan fingerprint density at radius 2 is 1.64 bits per heavy atom. The molecular weight excluding hydrogens is 503 g/mol. The number of benzene rings is 3. The zero-order valence-corrected chi connectivity index (χ0v) is 21.1. The lowest BCUT2D eigenvalue weighted by molar-refractivity contribution is -0.136. The molecule has 3 amide bonds. The number of carbonyl (C=O) groups is 3. The first kappa shape index (κ1) is 24.7. The maximum absolute atomic E-state index is 13.9. The minimum Gasteiger partial charge on any atom is -0.454 e. The van der Waals surface area contributed by atoms with Crippen molar-refractivity contribution in [3.05, 3.63) is 84.2 Å². The number of nitrogens with one attached hydrogen (secondary N) is 1. The van der Waals surface area contributed by atoms with Crippen LogP contribution in [0.25, 0.3) is 0 Å². The van der Waals surface area contributed by atoms with Crippen molar-refractivity contribution in [1.82, 2.24) is 9.80 Å². The first-order chi connectivity index (χ1) is 18.9. The molecule has 3 aliphatic heterocycles. The Hall–Kier alpha value is -4.60. The summed E-state index contributed by atoms with van der Waals surface area (Å²) in [5, 5.41) is 2.73. The molecule has 1 spiro atoms. The van der Waals surface area contributed by atoms with Gasteiger partial charge in [0.05, 0.1) is 6.67 Å². The van der Waals surface area contributed by atoms with Crippen LogP contribution < -0.4 is 19.7 Å². The number of likely N-dealkylation sites (tertiary alicyclic amines) is 1. The lowest BCUT2D eigenvalue weighted by Gasteiger charge is -2.43. The van der Waals surface area contributed by atoms with Crippen molar-refractivity contribution < 1.29 is 28.2 Å². The van der Waals surface area contributed by atoms with Gasteiger partial charge in [0.1, 0.15) is 17.9 Å². The summed E-state index contributed by atoms with van der Waals surface area (Å²) in [6.45, 7) is 1.02. The first-order valence-corrected chi connectivity index (χ1v) is 12.8. The molecule has 0 bridgehead atoms. The SMILES string of the molecule is O=C(CN1CN(c2ccccc2)C2(CCN(C(=O)c3ccc4c(c3)OCO4)CC2)C1=O)Nc1ccc(F)cc1. The van der Waals surface area contributed by atoms with Crippen LogP contribution in [0.1, 0.15) is 23.2 Å². The molecule has 1 N–H and O–H groups in total. The third-order valence-electron chi connectivity index (χ3n) is 7.54. The topological polar surface area (TPSA) is 91.4 Å². The van der Waals surface area contributed by atoms with Gasteiger partial charge in [-0.25, -0.2) is 4.39 Å². The van der Waals surface area contributed by atoms with Gasteiger partial charge in [-0.15, -0.1) is 0 Å². The summed E-state index contributed by atoms with van der Waals surface area (Å²) in [5.41, 5.74) is 0.969. The molecule has 3 heterocycles. The minimum absolute atomic E-state index is 0.129. The number of fused-ring (bicyclic) bond motifs is 1. The van der Waals surface area contributed by atoms with Crippen molar-refractivity contribution in [3.63, 3.8) is 0 Å². The smallest absolute Gasteiger partial charge is 0.253 e. The van der Waals surface area contributed by atoms with E-state index in [1.807, 2.05) is 35.2 Å². The molecule has 0 saturated carbocycles. The number of anilines is 2. The van der Waals surface area contributed by atoms with E-state index in [-0.39, 0.29) is 37.7 Å². The third kappa shape index (κ3) is 4.62. The Morgan fingerprint density at radius 1 is 0.923 bits per heavy atom. The van der Waals surface area contributed by atoms with E-state index in [1.54, 1.807) is 28.0 Å². The Morgan fingerprint density at radius 3 is 2.38 bits per heavy atom. The molecule has 39 heavy (non-hydrogen) atoms. The van der Waals surface area contributed by atoms with E-state index in [0.717, 1.165) is 5.69 Å². The fraction of sp³-hybridized carbons (Fsp3) is 0.276. The fourth-order valence-corrected chi connectivity index (χ4v) is 5.52. The van der Waals surface area contributed by atoms with Crippen LogP contribution in [0.4, 0.5) is 15.8 Å². The van der Waals surface area contributed by atoms with Crippen LogP contribution in [0.3, 0.4) is 0 Å². The second-order valence-corrected chi connectivity index (χ2v) is 9.85. The average Bonchev–Trinajstić information content (AvgIpc) is 3.53. The summed E-state index contributed by atoms with van der Waals surface area (Å²) in [7, 11) is 0. The molecule has 0 radical (unpaired) electrons. The number of amides is 3. The number of hydrogen-bond donors (Lipinski definition) is 1. The molecule has 200 valence electrons. The van der Waals surface area contributed by atoms with Crippen molar-refractivity contribution in [2.75, 3.05) is 43.3 Å². The van der Waals surface area contributed by atoms with E-state index in [9.17, 15) is 18.8 Å². The van der Waals surface area contributed by atoms with Crippen molar-refractivity contribution in [1.29, 1.82) is 0 Å². The van der Waals surface area contributed by atoms with E-state index in [4.69, 9.17) is 9.47 Å². The predicted molar refractivity (Wildman–Crippen MR) is 141 cm³/mol. The number of carbonyl (C=O) groups excluding carboxylic acids is 3. The molecule has 0 aliphatic carbocycles. The number of halogens is 1. The van der Waals surface area contributed by atoms with Crippen molar-refractivity contribution in [2.24, 2.45) is 0 Å². The Labute approximate surface area is 224 Å². The third-order valence-corrected chi connectivity index (χ3v) is 7.54. The highest BCUT2D eigenvalue weighted by molar-refractivity contribution is 6.00. The second kappa shape index (κ2) is 9.94. The number of nitrogens with zero attached hydrogens (tertiary/aromatic N) is 3. The van der Waals surface area contributed by atoms with Gasteiger partial charge in [0.2, 0.25) is 12.7 Å². The monoisotopic (exact) mass is 530 g/mol. The molecule has 3 aromatic rings. The molecule has 6 rings (SSSR count). The van der Waals surface area contributed by atoms with Gasteiger partial charge in [-0.05, 0) is 67.4 Å². The molecule has 0 unspecified atom stereocenters. The van der Waals surface area contributed by atoms with E-state index in [1.165, 1.54) is 24.3 Å². The van der Waals surface area contributed by atoms with Crippen LogP contribution in [0, 0.1) is 5.82 Å². The number of para-hydroxylation sites is 1. The Kier molecular flexibility index (Phi) is 6.30. The van der Waals surface area contributed by atoms with Crippen LogP contribution in [0.15, 0.2) is 72.8 Å². The number of piperidine rings is 1. The van der Waals surface area contributed by atoms with E-state index in [0.29, 0.717) is 48.7 Å². The maximum Gasteiger partial charge on any atom is 0.253 e. The summed E-state index contributed by atoms with van der Waals surface area (Å²) < 4.78 is 24.0. The summed E-state index contributed by atoms with van der Waals surface area (Å²) in [5.74, 6) is 0.126. The molecule has 3 aromatic carbocycles. The van der Waals surface area contributed by atoms with Gasteiger partial charge in [-0.1, -0.05) is 18.2 Å². The van der Waals surface area contributed by atoms with Crippen LogP contribution in [-0.2, 0) is 9.59 Å². The standard InChI is InChI=1S/C29H27FN4O5/c30-21-7-9-22(10-8-21)31-26(35)17-33-18-34(23-4-2-1-3-5-23)29(28(33)37)12-14-32(15-13-29)27(36)20-6-11-24-25(16-20)39-19-38-24/h1-11,16H,12-15,17-19H2,(H,31,35). The highest BCUT2D eigenvalue weighted by Gasteiger charge is 2.54. The summed E-state index contributed by atoms with van der Waals surface area (Å²) in [6, 6.07) is 20.2. The zero-order valence-electron chi connectivity index (χ0n) is 21.1. The molecule has 0 aromatic heterocycles. The molecule has 3 aliphatic rings. The van der Waals surface area contributed by atoms with Crippen LogP contribution in [0.5, 0.6) is 11.5 Å². The first-order valence-electron chi connectivity index (χ1n) is 12.8. The van der Waals surface area contributed by atoms with Gasteiger partial charge >= 0.3 is 0 Å². The zero-order chi connectivity index (χ0) is 27.0. The van der Waals surface area contributed by atoms with E-state index >= 15 is 0 Å². The van der Waals surface area contributed by atoms with Crippen molar-refractivity contribution >= 4 is 29.1 Å². The van der Waals surface area contributed by atoms with Gasteiger partial charge in [0, 0.05) is 30.0 Å². The highest BCUT2D eigenvalue weighted by atomic mass is 19.1. The molecule has 2 fully saturated rings. The second-order valence-electron chi connectivity index (χ2n) is 9.85. The highest BCUT2D eigenvalue weighted by Crippen LogP contribution is 2.40. The van der Waals surface area contributed by atoms with Crippen LogP contribution in [0.2, 0.25) is 0 Å². The van der Waals surface area contributed by atoms with E-state index < -0.39 is 11.4 Å². The number of ether oxygens (including phenoxy) is 2. The average molecular weight is 531 g/mol. The van der Waals surface area contributed by atoms with E-state index in [2.05, 4.69) is 5.32 Å². The molecule has 9 nitrogen and oxygen atoms in total. The lowest BCUT2D eigenvalue weighted by atomic mass is 9.85. The molecule has 2 saturated heterocycles. The Balaban J connectivity index is 1.19. The normalized spacial score (nSPS) is 17.6. The molecule has 0 atom stereocenters. The Bertz CT molecular complexity index is 1410.